The number of hydrogen-bond acceptors (Lipinski definition) is 4. The summed E-state index contributed by atoms with van der Waals surface area (Å²) in [6, 6.07) is 0. The van der Waals surface area contributed by atoms with Gasteiger partial charge in [-0.2, -0.15) is 0 Å². The predicted molar refractivity (Wildman–Crippen MR) is 84.4 cm³/mol. The third kappa shape index (κ3) is 3.40. The number of imidazole rings is 1. The maximum atomic E-state index is 8.94. The molecule has 0 atom stereocenters. The van der Waals surface area contributed by atoms with Crippen molar-refractivity contribution in [3.8, 4) is 0 Å². The van der Waals surface area contributed by atoms with Crippen molar-refractivity contribution >= 4 is 16.3 Å². The van der Waals surface area contributed by atoms with E-state index < -0.39 is 0 Å². The smallest absolute Gasteiger partial charge is 0.194 e. The molecule has 4 nitrogen and oxygen atoms in total. The minimum Gasteiger partial charge on any atom is -0.396 e. The summed E-state index contributed by atoms with van der Waals surface area (Å²) < 4.78 is 2.24. The van der Waals surface area contributed by atoms with E-state index in [1.54, 1.807) is 11.3 Å². The molecule has 2 aromatic rings. The maximum absolute atomic E-state index is 8.94. The van der Waals surface area contributed by atoms with Crippen LogP contribution in [-0.4, -0.2) is 27.6 Å². The van der Waals surface area contributed by atoms with E-state index in [-0.39, 0.29) is 12.0 Å². The SMILES string of the molecule is Cc1nc2scc(C)n2c1CNCC(C)(C)CCCO. The van der Waals surface area contributed by atoms with Crippen LogP contribution in [-0.2, 0) is 6.54 Å². The van der Waals surface area contributed by atoms with Crippen molar-refractivity contribution in [2.45, 2.75) is 47.1 Å². The van der Waals surface area contributed by atoms with Gasteiger partial charge in [0.05, 0.1) is 11.4 Å². The zero-order chi connectivity index (χ0) is 14.8. The number of thiazole rings is 1. The topological polar surface area (TPSA) is 49.6 Å². The number of nitrogens with zero attached hydrogens (tertiary/aromatic N) is 2. The average molecular weight is 295 g/mol. The highest BCUT2D eigenvalue weighted by atomic mass is 32.1. The highest BCUT2D eigenvalue weighted by Gasteiger charge is 2.18. The number of nitrogens with one attached hydrogen (secondary N) is 1. The van der Waals surface area contributed by atoms with E-state index in [4.69, 9.17) is 5.11 Å². The number of fused-ring (bicyclic) bond motifs is 1. The van der Waals surface area contributed by atoms with Crippen LogP contribution in [0.2, 0.25) is 0 Å². The number of aliphatic hydroxyl groups is 1. The third-order valence-corrected chi connectivity index (χ3v) is 4.68. The molecule has 0 saturated carbocycles. The maximum Gasteiger partial charge on any atom is 0.194 e. The van der Waals surface area contributed by atoms with Gasteiger partial charge in [-0.15, -0.1) is 11.3 Å². The van der Waals surface area contributed by atoms with E-state index in [9.17, 15) is 0 Å². The zero-order valence-corrected chi connectivity index (χ0v) is 13.7. The van der Waals surface area contributed by atoms with Crippen LogP contribution in [0.1, 0.15) is 43.8 Å². The van der Waals surface area contributed by atoms with Crippen LogP contribution in [0.15, 0.2) is 5.38 Å². The van der Waals surface area contributed by atoms with Gasteiger partial charge in [0.15, 0.2) is 4.96 Å². The molecule has 20 heavy (non-hydrogen) atoms. The summed E-state index contributed by atoms with van der Waals surface area (Å²) in [6.07, 6.45) is 1.91. The van der Waals surface area contributed by atoms with Crippen molar-refractivity contribution in [1.82, 2.24) is 14.7 Å². The summed E-state index contributed by atoms with van der Waals surface area (Å²) in [5, 5.41) is 14.6. The second-order valence-electron chi connectivity index (χ2n) is 6.23. The molecule has 0 aliphatic carbocycles. The molecular weight excluding hydrogens is 270 g/mol. The molecule has 2 N–H and O–H groups in total. The van der Waals surface area contributed by atoms with E-state index in [2.05, 4.69) is 47.8 Å². The number of aromatic nitrogens is 2. The van der Waals surface area contributed by atoms with E-state index in [1.165, 1.54) is 11.4 Å². The first kappa shape index (κ1) is 15.5. The minimum absolute atomic E-state index is 0.212. The van der Waals surface area contributed by atoms with E-state index >= 15 is 0 Å². The van der Waals surface area contributed by atoms with Gasteiger partial charge in [0.2, 0.25) is 0 Å². The minimum atomic E-state index is 0.212. The normalized spacial score (nSPS) is 12.4. The molecule has 0 fully saturated rings. The lowest BCUT2D eigenvalue weighted by Gasteiger charge is -2.24. The van der Waals surface area contributed by atoms with Gasteiger partial charge in [0, 0.05) is 30.8 Å². The van der Waals surface area contributed by atoms with Gasteiger partial charge in [-0.25, -0.2) is 4.98 Å². The van der Waals surface area contributed by atoms with E-state index in [1.807, 2.05) is 0 Å². The van der Waals surface area contributed by atoms with Gasteiger partial charge in [-0.05, 0) is 32.1 Å². The van der Waals surface area contributed by atoms with Gasteiger partial charge in [0.1, 0.15) is 0 Å². The molecule has 2 heterocycles. The molecule has 0 radical (unpaired) electrons. The fourth-order valence-corrected chi connectivity index (χ4v) is 3.47. The molecule has 5 heteroatoms. The molecule has 0 saturated heterocycles. The van der Waals surface area contributed by atoms with E-state index in [0.29, 0.717) is 0 Å². The van der Waals surface area contributed by atoms with Gasteiger partial charge in [-0.1, -0.05) is 13.8 Å². The summed E-state index contributed by atoms with van der Waals surface area (Å²) in [7, 11) is 0. The molecule has 0 unspecified atom stereocenters. The van der Waals surface area contributed by atoms with Crippen molar-refractivity contribution < 1.29 is 5.11 Å². The van der Waals surface area contributed by atoms with Crippen molar-refractivity contribution in [3.63, 3.8) is 0 Å². The van der Waals surface area contributed by atoms with Crippen LogP contribution in [0.5, 0.6) is 0 Å². The van der Waals surface area contributed by atoms with Gasteiger partial charge < -0.3 is 10.4 Å². The molecular formula is C15H25N3OS. The number of aryl methyl sites for hydroxylation is 2. The second-order valence-corrected chi connectivity index (χ2v) is 7.07. The summed E-state index contributed by atoms with van der Waals surface area (Å²) in [5.41, 5.74) is 3.84. The Bertz CT molecular complexity index is 571. The quantitative estimate of drug-likeness (QED) is 0.826. The number of hydrogen-bond donors (Lipinski definition) is 2. The van der Waals surface area contributed by atoms with Crippen molar-refractivity contribution in [3.05, 3.63) is 22.5 Å². The Labute approximate surface area is 124 Å². The van der Waals surface area contributed by atoms with Crippen LogP contribution in [0.4, 0.5) is 0 Å². The zero-order valence-electron chi connectivity index (χ0n) is 12.9. The Morgan fingerprint density at radius 2 is 2.15 bits per heavy atom. The first-order valence-corrected chi connectivity index (χ1v) is 8.06. The lowest BCUT2D eigenvalue weighted by molar-refractivity contribution is 0.236. The molecule has 112 valence electrons. The lowest BCUT2D eigenvalue weighted by Crippen LogP contribution is -2.29. The van der Waals surface area contributed by atoms with E-state index in [0.717, 1.165) is 36.6 Å². The van der Waals surface area contributed by atoms with Gasteiger partial charge in [-0.3, -0.25) is 4.40 Å². The van der Waals surface area contributed by atoms with Crippen LogP contribution in [0.3, 0.4) is 0 Å². The monoisotopic (exact) mass is 295 g/mol. The Kier molecular flexibility index (Phi) is 4.83. The Morgan fingerprint density at radius 1 is 1.40 bits per heavy atom. The number of aliphatic hydroxyl groups excluding tert-OH is 1. The summed E-state index contributed by atoms with van der Waals surface area (Å²) in [6.45, 7) is 10.7. The Balaban J connectivity index is 1.99. The second kappa shape index (κ2) is 6.24. The average Bonchev–Trinajstić information content (AvgIpc) is 2.88. The Hall–Kier alpha value is -0.910. The highest BCUT2D eigenvalue weighted by Crippen LogP contribution is 2.22. The molecule has 0 amide bonds. The molecule has 2 aromatic heterocycles. The largest absolute Gasteiger partial charge is 0.396 e. The van der Waals surface area contributed by atoms with Crippen LogP contribution in [0, 0.1) is 19.3 Å². The fraction of sp³-hybridized carbons (Fsp3) is 0.667. The highest BCUT2D eigenvalue weighted by molar-refractivity contribution is 7.15. The van der Waals surface area contributed by atoms with Crippen molar-refractivity contribution in [2.75, 3.05) is 13.2 Å². The van der Waals surface area contributed by atoms with Crippen LogP contribution in [0.25, 0.3) is 4.96 Å². The van der Waals surface area contributed by atoms with Crippen LogP contribution < -0.4 is 5.32 Å². The molecule has 0 aliphatic heterocycles. The molecule has 2 rings (SSSR count). The third-order valence-electron chi connectivity index (χ3n) is 3.74. The molecule has 0 bridgehead atoms. The number of rotatable bonds is 7. The van der Waals surface area contributed by atoms with Crippen LogP contribution >= 0.6 is 11.3 Å². The predicted octanol–water partition coefficient (Wildman–Crippen LogP) is 2.90. The Morgan fingerprint density at radius 3 is 2.85 bits per heavy atom. The molecule has 0 aromatic carbocycles. The first-order valence-electron chi connectivity index (χ1n) is 7.18. The van der Waals surface area contributed by atoms with Crippen molar-refractivity contribution in [1.29, 1.82) is 0 Å². The van der Waals surface area contributed by atoms with Gasteiger partial charge in [0.25, 0.3) is 0 Å². The summed E-state index contributed by atoms with van der Waals surface area (Å²) >= 11 is 1.70. The van der Waals surface area contributed by atoms with Crippen molar-refractivity contribution in [2.24, 2.45) is 5.41 Å². The summed E-state index contributed by atoms with van der Waals surface area (Å²) in [5.74, 6) is 0. The van der Waals surface area contributed by atoms with Gasteiger partial charge >= 0.3 is 0 Å². The molecule has 0 aliphatic rings. The summed E-state index contributed by atoms with van der Waals surface area (Å²) in [4.78, 5) is 5.69. The first-order chi connectivity index (χ1) is 9.44. The standard InChI is InChI=1S/C15H25N3OS/c1-11-9-20-14-17-12(2)13(18(11)14)8-16-10-15(3,4)6-5-7-19/h9,16,19H,5-8,10H2,1-4H3. The molecule has 0 spiro atoms. The lowest BCUT2D eigenvalue weighted by atomic mass is 9.88. The fourth-order valence-electron chi connectivity index (χ4n) is 2.54.